The summed E-state index contributed by atoms with van der Waals surface area (Å²) in [7, 11) is 0. The van der Waals surface area contributed by atoms with Crippen LogP contribution in [-0.4, -0.2) is 27.3 Å². The van der Waals surface area contributed by atoms with Gasteiger partial charge in [0.05, 0.1) is 6.61 Å². The maximum Gasteiger partial charge on any atom is 0.248 e. The van der Waals surface area contributed by atoms with Crippen molar-refractivity contribution in [2.45, 2.75) is 45.4 Å². The number of carbonyl (C=O) groups excluding carboxylic acids is 1. The fourth-order valence-electron chi connectivity index (χ4n) is 2.95. The van der Waals surface area contributed by atoms with E-state index in [9.17, 15) is 13.6 Å². The predicted molar refractivity (Wildman–Crippen MR) is 85.6 cm³/mol. The maximum atomic E-state index is 13.7. The number of nitrogens with one attached hydrogen (secondary N) is 1. The number of rotatable bonds is 4. The van der Waals surface area contributed by atoms with Crippen molar-refractivity contribution in [3.63, 3.8) is 0 Å². The lowest BCUT2D eigenvalue weighted by Gasteiger charge is -2.35. The predicted octanol–water partition coefficient (Wildman–Crippen LogP) is 2.24. The monoisotopic (exact) mass is 350 g/mol. The van der Waals surface area contributed by atoms with Crippen LogP contribution in [0, 0.1) is 11.6 Å². The van der Waals surface area contributed by atoms with E-state index in [1.54, 1.807) is 11.5 Å². The highest BCUT2D eigenvalue weighted by atomic mass is 19.1. The van der Waals surface area contributed by atoms with Gasteiger partial charge in [-0.05, 0) is 25.1 Å². The van der Waals surface area contributed by atoms with E-state index in [1.165, 1.54) is 0 Å². The van der Waals surface area contributed by atoms with Crippen LogP contribution in [0.15, 0.2) is 18.2 Å². The standard InChI is InChI=1S/C17H20F2N4O2/c1-10(2)15-22-21-14-8-25-9-17(3,23(14)15)16(24)20-7-11-6-12(18)4-5-13(11)19/h4-6,10H,7-9H2,1-3H3,(H,20,24). The molecule has 2 aromatic rings. The largest absolute Gasteiger partial charge is 0.370 e. The first-order chi connectivity index (χ1) is 11.8. The molecular formula is C17H20F2N4O2. The molecule has 1 unspecified atom stereocenters. The van der Waals surface area contributed by atoms with E-state index in [0.29, 0.717) is 11.6 Å². The van der Waals surface area contributed by atoms with Crippen LogP contribution in [0.1, 0.15) is 43.9 Å². The Labute approximate surface area is 144 Å². The normalized spacial score (nSPS) is 19.8. The van der Waals surface area contributed by atoms with Crippen molar-refractivity contribution in [2.24, 2.45) is 0 Å². The zero-order valence-electron chi connectivity index (χ0n) is 14.3. The van der Waals surface area contributed by atoms with E-state index in [1.807, 2.05) is 13.8 Å². The molecule has 2 heterocycles. The summed E-state index contributed by atoms with van der Waals surface area (Å²) in [6.07, 6.45) is 0. The summed E-state index contributed by atoms with van der Waals surface area (Å²) < 4.78 is 34.3. The van der Waals surface area contributed by atoms with Crippen LogP contribution in [0.5, 0.6) is 0 Å². The molecule has 1 aliphatic heterocycles. The van der Waals surface area contributed by atoms with Gasteiger partial charge in [-0.1, -0.05) is 13.8 Å². The molecule has 1 atom stereocenters. The summed E-state index contributed by atoms with van der Waals surface area (Å²) in [5.41, 5.74) is -0.970. The van der Waals surface area contributed by atoms with Crippen molar-refractivity contribution in [2.75, 3.05) is 6.61 Å². The lowest BCUT2D eigenvalue weighted by molar-refractivity contribution is -0.135. The first-order valence-electron chi connectivity index (χ1n) is 8.07. The molecule has 6 nitrogen and oxygen atoms in total. The van der Waals surface area contributed by atoms with Crippen LogP contribution in [0.3, 0.4) is 0 Å². The van der Waals surface area contributed by atoms with Crippen molar-refractivity contribution < 1.29 is 18.3 Å². The summed E-state index contributed by atoms with van der Waals surface area (Å²) in [4.78, 5) is 12.8. The molecule has 0 aliphatic carbocycles. The van der Waals surface area contributed by atoms with E-state index in [-0.39, 0.29) is 37.1 Å². The second-order valence-electron chi connectivity index (χ2n) is 6.65. The fraction of sp³-hybridized carbons (Fsp3) is 0.471. The minimum atomic E-state index is -1.06. The van der Waals surface area contributed by atoms with Gasteiger partial charge in [-0.15, -0.1) is 10.2 Å². The number of nitrogens with zero attached hydrogens (tertiary/aromatic N) is 3. The van der Waals surface area contributed by atoms with Crippen molar-refractivity contribution in [3.8, 4) is 0 Å². The van der Waals surface area contributed by atoms with Crippen molar-refractivity contribution in [1.29, 1.82) is 0 Å². The number of fused-ring (bicyclic) bond motifs is 1. The zero-order valence-corrected chi connectivity index (χ0v) is 14.3. The van der Waals surface area contributed by atoms with Gasteiger partial charge in [-0.2, -0.15) is 0 Å². The molecule has 0 saturated carbocycles. The molecule has 0 radical (unpaired) electrons. The van der Waals surface area contributed by atoms with Crippen LogP contribution < -0.4 is 5.32 Å². The molecule has 8 heteroatoms. The Morgan fingerprint density at radius 3 is 2.88 bits per heavy atom. The van der Waals surface area contributed by atoms with Gasteiger partial charge < -0.3 is 10.1 Å². The number of halogens is 2. The number of amides is 1. The van der Waals surface area contributed by atoms with E-state index >= 15 is 0 Å². The Balaban J connectivity index is 1.85. The first-order valence-corrected chi connectivity index (χ1v) is 8.07. The lowest BCUT2D eigenvalue weighted by Crippen LogP contribution is -2.53. The van der Waals surface area contributed by atoms with E-state index in [0.717, 1.165) is 18.2 Å². The van der Waals surface area contributed by atoms with E-state index in [4.69, 9.17) is 4.74 Å². The molecule has 1 N–H and O–H groups in total. The molecule has 3 rings (SSSR count). The quantitative estimate of drug-likeness (QED) is 0.918. The molecule has 0 fully saturated rings. The summed E-state index contributed by atoms with van der Waals surface area (Å²) in [5.74, 6) is -0.149. The van der Waals surface area contributed by atoms with Crippen molar-refractivity contribution >= 4 is 5.91 Å². The van der Waals surface area contributed by atoms with Gasteiger partial charge in [0.15, 0.2) is 5.82 Å². The van der Waals surface area contributed by atoms with Gasteiger partial charge in [0.25, 0.3) is 0 Å². The highest BCUT2D eigenvalue weighted by Gasteiger charge is 2.42. The maximum absolute atomic E-state index is 13.7. The Morgan fingerprint density at radius 1 is 1.40 bits per heavy atom. The molecule has 134 valence electrons. The number of benzene rings is 1. The molecule has 25 heavy (non-hydrogen) atoms. The molecule has 1 aliphatic rings. The highest BCUT2D eigenvalue weighted by Crippen LogP contribution is 2.29. The van der Waals surface area contributed by atoms with Gasteiger partial charge in [-0.25, -0.2) is 8.78 Å². The zero-order chi connectivity index (χ0) is 18.2. The van der Waals surface area contributed by atoms with Gasteiger partial charge in [0, 0.05) is 18.0 Å². The Morgan fingerprint density at radius 2 is 2.16 bits per heavy atom. The average Bonchev–Trinajstić information content (AvgIpc) is 3.01. The van der Waals surface area contributed by atoms with Crippen LogP contribution in [-0.2, 0) is 28.2 Å². The third-order valence-corrected chi connectivity index (χ3v) is 4.32. The Hall–Kier alpha value is -2.35. The van der Waals surface area contributed by atoms with Crippen molar-refractivity contribution in [3.05, 3.63) is 47.0 Å². The molecule has 0 spiro atoms. The molecular weight excluding hydrogens is 330 g/mol. The molecule has 1 aromatic heterocycles. The Bertz CT molecular complexity index is 806. The summed E-state index contributed by atoms with van der Waals surface area (Å²) in [6, 6.07) is 3.14. The van der Waals surface area contributed by atoms with Gasteiger partial charge in [-0.3, -0.25) is 9.36 Å². The summed E-state index contributed by atoms with van der Waals surface area (Å²) in [6.45, 7) is 5.96. The van der Waals surface area contributed by atoms with Crippen LogP contribution in [0.2, 0.25) is 0 Å². The minimum Gasteiger partial charge on any atom is -0.370 e. The molecule has 1 aromatic carbocycles. The summed E-state index contributed by atoms with van der Waals surface area (Å²) in [5, 5.41) is 10.9. The smallest absolute Gasteiger partial charge is 0.248 e. The first kappa shape index (κ1) is 17.5. The number of aromatic nitrogens is 3. The third-order valence-electron chi connectivity index (χ3n) is 4.32. The number of hydrogen-bond acceptors (Lipinski definition) is 4. The fourth-order valence-corrected chi connectivity index (χ4v) is 2.95. The van der Waals surface area contributed by atoms with Crippen LogP contribution >= 0.6 is 0 Å². The Kier molecular flexibility index (Phi) is 4.55. The van der Waals surface area contributed by atoms with E-state index in [2.05, 4.69) is 15.5 Å². The molecule has 0 bridgehead atoms. The average molecular weight is 350 g/mol. The second-order valence-corrected chi connectivity index (χ2v) is 6.65. The third kappa shape index (κ3) is 3.13. The van der Waals surface area contributed by atoms with Gasteiger partial charge in [0.2, 0.25) is 5.91 Å². The topological polar surface area (TPSA) is 69.0 Å². The lowest BCUT2D eigenvalue weighted by atomic mass is 9.98. The molecule has 0 saturated heterocycles. The number of hydrogen-bond donors (Lipinski definition) is 1. The van der Waals surface area contributed by atoms with Gasteiger partial charge in [0.1, 0.15) is 29.6 Å². The van der Waals surface area contributed by atoms with E-state index < -0.39 is 17.2 Å². The van der Waals surface area contributed by atoms with Crippen LogP contribution in [0.25, 0.3) is 0 Å². The van der Waals surface area contributed by atoms with Crippen LogP contribution in [0.4, 0.5) is 8.78 Å². The second kappa shape index (κ2) is 6.51. The van der Waals surface area contributed by atoms with Crippen molar-refractivity contribution in [1.82, 2.24) is 20.1 Å². The molecule has 1 amide bonds. The van der Waals surface area contributed by atoms with Gasteiger partial charge >= 0.3 is 0 Å². The SMILES string of the molecule is CC(C)c1nnc2n1C(C)(C(=O)NCc1cc(F)ccc1F)COC2. The number of ether oxygens (including phenoxy) is 1. The summed E-state index contributed by atoms with van der Waals surface area (Å²) >= 11 is 0. The highest BCUT2D eigenvalue weighted by molar-refractivity contribution is 5.84. The number of carbonyl (C=O) groups is 1. The minimum absolute atomic E-state index is 0.0761.